The number of nitrogens with zero attached hydrogens (tertiary/aromatic N) is 3. The number of ether oxygens (including phenoxy) is 2. The molecule has 2 heterocycles. The number of rotatable bonds is 7. The summed E-state index contributed by atoms with van der Waals surface area (Å²) in [7, 11) is 4.91. The highest BCUT2D eigenvalue weighted by atomic mass is 19.1. The second-order valence-electron chi connectivity index (χ2n) is 8.56. The Hall–Kier alpha value is -3.88. The minimum absolute atomic E-state index is 0.133. The minimum atomic E-state index is -0.581. The number of methoxy groups -OCH3 is 2. The molecule has 0 spiro atoms. The number of nitrogens with one attached hydrogen (secondary N) is 1. The zero-order valence-electron chi connectivity index (χ0n) is 20.0. The molecule has 0 saturated carbocycles. The summed E-state index contributed by atoms with van der Waals surface area (Å²) in [6.07, 6.45) is 4.47. The molecule has 1 unspecified atom stereocenters. The molecule has 1 fully saturated rings. The van der Waals surface area contributed by atoms with E-state index in [1.165, 1.54) is 26.4 Å². The van der Waals surface area contributed by atoms with E-state index < -0.39 is 6.04 Å². The van der Waals surface area contributed by atoms with Gasteiger partial charge in [-0.25, -0.2) is 9.37 Å². The van der Waals surface area contributed by atoms with Crippen LogP contribution in [0.3, 0.4) is 0 Å². The normalized spacial score (nSPS) is 14.9. The standard InChI is InChI=1S/C26H29FN4O4/c1-30-12-9-28-24(30)23(18-5-4-6-20(27)13-18)29-25(32)17-7-10-31(11-8-17)26(33)19-14-21(34-2)16-22(15-19)35-3/h4-6,9,12-17,23H,7-8,10-11H2,1-3H3,(H,29,32). The molecule has 1 N–H and O–H groups in total. The van der Waals surface area contributed by atoms with E-state index in [0.717, 1.165) is 0 Å². The van der Waals surface area contributed by atoms with E-state index in [1.807, 2.05) is 7.05 Å². The number of imidazole rings is 1. The van der Waals surface area contributed by atoms with Gasteiger partial charge in [-0.1, -0.05) is 12.1 Å². The molecular formula is C26H29FN4O4. The van der Waals surface area contributed by atoms with E-state index in [2.05, 4.69) is 10.3 Å². The van der Waals surface area contributed by atoms with E-state index in [4.69, 9.17) is 9.47 Å². The first-order valence-electron chi connectivity index (χ1n) is 11.4. The van der Waals surface area contributed by atoms with Gasteiger partial charge in [0, 0.05) is 50.1 Å². The first kappa shape index (κ1) is 24.3. The van der Waals surface area contributed by atoms with Crippen LogP contribution in [0.25, 0.3) is 0 Å². The van der Waals surface area contributed by atoms with Crippen molar-refractivity contribution in [1.82, 2.24) is 19.8 Å². The molecule has 0 bridgehead atoms. The fourth-order valence-electron chi connectivity index (χ4n) is 4.36. The third-order valence-corrected chi connectivity index (χ3v) is 6.34. The number of benzene rings is 2. The van der Waals surface area contributed by atoms with Crippen LogP contribution in [0.15, 0.2) is 54.9 Å². The number of likely N-dealkylation sites (tertiary alicyclic amines) is 1. The lowest BCUT2D eigenvalue weighted by atomic mass is 9.94. The third-order valence-electron chi connectivity index (χ3n) is 6.34. The molecule has 8 nitrogen and oxygen atoms in total. The Bertz CT molecular complexity index is 1180. The Balaban J connectivity index is 1.44. The van der Waals surface area contributed by atoms with Crippen molar-refractivity contribution < 1.29 is 23.5 Å². The summed E-state index contributed by atoms with van der Waals surface area (Å²) in [5.74, 6) is 0.777. The largest absolute Gasteiger partial charge is 0.497 e. The number of piperidine rings is 1. The highest BCUT2D eigenvalue weighted by Gasteiger charge is 2.31. The lowest BCUT2D eigenvalue weighted by Crippen LogP contribution is -2.44. The van der Waals surface area contributed by atoms with Crippen molar-refractivity contribution in [1.29, 1.82) is 0 Å². The molecule has 1 aromatic heterocycles. The molecule has 9 heteroatoms. The van der Waals surface area contributed by atoms with Crippen LogP contribution in [0.5, 0.6) is 11.5 Å². The molecule has 35 heavy (non-hydrogen) atoms. The number of amides is 2. The summed E-state index contributed by atoms with van der Waals surface area (Å²) in [4.78, 5) is 32.4. The maximum absolute atomic E-state index is 13.9. The Labute approximate surface area is 203 Å². The van der Waals surface area contributed by atoms with E-state index in [0.29, 0.717) is 54.4 Å². The van der Waals surface area contributed by atoms with Crippen LogP contribution >= 0.6 is 0 Å². The number of hydrogen-bond acceptors (Lipinski definition) is 5. The number of aryl methyl sites for hydroxylation is 1. The van der Waals surface area contributed by atoms with Gasteiger partial charge in [0.25, 0.3) is 5.91 Å². The maximum atomic E-state index is 13.9. The fourth-order valence-corrected chi connectivity index (χ4v) is 4.36. The molecule has 1 saturated heterocycles. The lowest BCUT2D eigenvalue weighted by molar-refractivity contribution is -0.126. The highest BCUT2D eigenvalue weighted by Crippen LogP contribution is 2.27. The number of aromatic nitrogens is 2. The quantitative estimate of drug-likeness (QED) is 0.561. The summed E-state index contributed by atoms with van der Waals surface area (Å²) in [6, 6.07) is 10.7. The summed E-state index contributed by atoms with van der Waals surface area (Å²) < 4.78 is 26.3. The van der Waals surface area contributed by atoms with Gasteiger partial charge < -0.3 is 24.3 Å². The van der Waals surface area contributed by atoms with E-state index in [9.17, 15) is 14.0 Å². The number of hydrogen-bond donors (Lipinski definition) is 1. The molecular weight excluding hydrogens is 451 g/mol. The zero-order chi connectivity index (χ0) is 24.9. The van der Waals surface area contributed by atoms with Crippen molar-refractivity contribution in [2.75, 3.05) is 27.3 Å². The van der Waals surface area contributed by atoms with Crippen molar-refractivity contribution in [3.63, 3.8) is 0 Å². The van der Waals surface area contributed by atoms with Crippen molar-refractivity contribution in [2.45, 2.75) is 18.9 Å². The second kappa shape index (κ2) is 10.6. The summed E-state index contributed by atoms with van der Waals surface area (Å²) in [6.45, 7) is 0.896. The number of carbonyl (C=O) groups is 2. The average molecular weight is 481 g/mol. The van der Waals surface area contributed by atoms with Crippen LogP contribution in [0.1, 0.15) is 40.6 Å². The first-order valence-corrected chi connectivity index (χ1v) is 11.4. The predicted molar refractivity (Wildman–Crippen MR) is 128 cm³/mol. The molecule has 0 aliphatic carbocycles. The molecule has 0 radical (unpaired) electrons. The van der Waals surface area contributed by atoms with Gasteiger partial charge in [-0.3, -0.25) is 9.59 Å². The van der Waals surface area contributed by atoms with Gasteiger partial charge >= 0.3 is 0 Å². The number of halogens is 1. The Morgan fingerprint density at radius 1 is 1.09 bits per heavy atom. The highest BCUT2D eigenvalue weighted by molar-refractivity contribution is 5.95. The number of carbonyl (C=O) groups excluding carboxylic acids is 2. The zero-order valence-corrected chi connectivity index (χ0v) is 20.0. The molecule has 1 aliphatic rings. The van der Waals surface area contributed by atoms with Crippen LogP contribution in [-0.4, -0.2) is 53.6 Å². The summed E-state index contributed by atoms with van der Waals surface area (Å²) in [5.41, 5.74) is 1.09. The van der Waals surface area contributed by atoms with E-state index in [1.54, 1.807) is 52.2 Å². The Morgan fingerprint density at radius 3 is 2.34 bits per heavy atom. The summed E-state index contributed by atoms with van der Waals surface area (Å²) >= 11 is 0. The van der Waals surface area contributed by atoms with Gasteiger partial charge in [0.05, 0.1) is 14.2 Å². The van der Waals surface area contributed by atoms with Crippen LogP contribution in [0.2, 0.25) is 0 Å². The topological polar surface area (TPSA) is 85.7 Å². The van der Waals surface area contributed by atoms with Crippen molar-refractivity contribution in [3.05, 3.63) is 77.6 Å². The molecule has 1 atom stereocenters. The average Bonchev–Trinajstić information content (AvgIpc) is 3.31. The van der Waals surface area contributed by atoms with Crippen molar-refractivity contribution in [2.24, 2.45) is 13.0 Å². The van der Waals surface area contributed by atoms with Crippen LogP contribution in [-0.2, 0) is 11.8 Å². The Morgan fingerprint density at radius 2 is 1.77 bits per heavy atom. The SMILES string of the molecule is COc1cc(OC)cc(C(=O)N2CCC(C(=O)NC(c3cccc(F)c3)c3nccn3C)CC2)c1. The Kier molecular flexibility index (Phi) is 7.33. The van der Waals surface area contributed by atoms with E-state index in [-0.39, 0.29) is 23.5 Å². The van der Waals surface area contributed by atoms with Gasteiger partial charge in [-0.05, 0) is 42.7 Å². The molecule has 2 amide bonds. The van der Waals surface area contributed by atoms with Crippen LogP contribution < -0.4 is 14.8 Å². The van der Waals surface area contributed by atoms with Crippen LogP contribution in [0.4, 0.5) is 4.39 Å². The van der Waals surface area contributed by atoms with Crippen molar-refractivity contribution >= 4 is 11.8 Å². The fraction of sp³-hybridized carbons (Fsp3) is 0.346. The molecule has 3 aromatic rings. The molecule has 4 rings (SSSR count). The first-order chi connectivity index (χ1) is 16.9. The van der Waals surface area contributed by atoms with Gasteiger partial charge in [-0.2, -0.15) is 0 Å². The molecule has 2 aromatic carbocycles. The monoisotopic (exact) mass is 480 g/mol. The van der Waals surface area contributed by atoms with Gasteiger partial charge in [0.15, 0.2) is 0 Å². The predicted octanol–water partition coefficient (Wildman–Crippen LogP) is 3.33. The van der Waals surface area contributed by atoms with Crippen molar-refractivity contribution in [3.8, 4) is 11.5 Å². The second-order valence-corrected chi connectivity index (χ2v) is 8.56. The third kappa shape index (κ3) is 5.45. The molecule has 184 valence electrons. The smallest absolute Gasteiger partial charge is 0.254 e. The van der Waals surface area contributed by atoms with E-state index >= 15 is 0 Å². The van der Waals surface area contributed by atoms with Gasteiger partial charge in [0.2, 0.25) is 5.91 Å². The van der Waals surface area contributed by atoms with Gasteiger partial charge in [-0.15, -0.1) is 0 Å². The lowest BCUT2D eigenvalue weighted by Gasteiger charge is -2.32. The van der Waals surface area contributed by atoms with Gasteiger partial charge in [0.1, 0.15) is 29.2 Å². The van der Waals surface area contributed by atoms with Crippen LogP contribution in [0, 0.1) is 11.7 Å². The summed E-state index contributed by atoms with van der Waals surface area (Å²) in [5, 5.41) is 3.05. The molecule has 1 aliphatic heterocycles. The minimum Gasteiger partial charge on any atom is -0.497 e. The maximum Gasteiger partial charge on any atom is 0.254 e.